The lowest BCUT2D eigenvalue weighted by molar-refractivity contribution is -0.133. The summed E-state index contributed by atoms with van der Waals surface area (Å²) in [6.45, 7) is 7.13. The first-order valence-corrected chi connectivity index (χ1v) is 22.6. The van der Waals surface area contributed by atoms with Crippen molar-refractivity contribution >= 4 is 58.3 Å². The van der Waals surface area contributed by atoms with E-state index in [2.05, 4.69) is 40.3 Å². The van der Waals surface area contributed by atoms with Crippen molar-refractivity contribution in [2.45, 2.75) is 40.3 Å². The molecule has 0 saturated heterocycles. The van der Waals surface area contributed by atoms with Crippen molar-refractivity contribution in [3.8, 4) is 11.5 Å². The van der Waals surface area contributed by atoms with Gasteiger partial charge in [0.25, 0.3) is 0 Å². The minimum Gasteiger partial charge on any atom is -0.461 e. The molecule has 0 aliphatic heterocycles. The van der Waals surface area contributed by atoms with Crippen molar-refractivity contribution in [1.82, 2.24) is 30.2 Å². The van der Waals surface area contributed by atoms with Gasteiger partial charge in [0.05, 0.1) is 50.0 Å². The Labute approximate surface area is 426 Å². The number of hydrogen-bond acceptors (Lipinski definition) is 18. The zero-order valence-corrected chi connectivity index (χ0v) is 40.8. The predicted molar refractivity (Wildman–Crippen MR) is 271 cm³/mol. The smallest absolute Gasteiger partial charge is 0.409 e. The van der Waals surface area contributed by atoms with Gasteiger partial charge in [-0.05, 0) is 116 Å². The van der Waals surface area contributed by atoms with Crippen LogP contribution in [0.2, 0.25) is 0 Å². The fraction of sp³-hybridized carbons (Fsp3) is 0.173. The summed E-state index contributed by atoms with van der Waals surface area (Å²) in [5, 5.41) is 5.34. The third kappa shape index (κ3) is 24.8. The van der Waals surface area contributed by atoms with Crippen molar-refractivity contribution < 1.29 is 52.5 Å². The molecule has 0 atom stereocenters. The molecule has 0 radical (unpaired) electrons. The average molecular weight is 1020 g/mol. The van der Waals surface area contributed by atoms with E-state index in [9.17, 15) is 28.8 Å². The van der Waals surface area contributed by atoms with Crippen LogP contribution in [-0.2, 0) is 38.5 Å². The van der Waals surface area contributed by atoms with Crippen LogP contribution in [0, 0.1) is 0 Å². The summed E-state index contributed by atoms with van der Waals surface area (Å²) >= 11 is 4.95. The molecule has 7 aromatic rings. The van der Waals surface area contributed by atoms with E-state index in [1.165, 1.54) is 36.8 Å². The second-order valence-corrected chi connectivity index (χ2v) is 14.3. The van der Waals surface area contributed by atoms with E-state index >= 15 is 0 Å². The van der Waals surface area contributed by atoms with Crippen LogP contribution in [0.15, 0.2) is 165 Å². The van der Waals surface area contributed by atoms with Crippen molar-refractivity contribution in [3.05, 3.63) is 198 Å². The Morgan fingerprint density at radius 1 is 0.534 bits per heavy atom. The number of esters is 4. The number of carbonyl (C=O) groups excluding carboxylic acids is 6. The number of nitrogens with one attached hydrogen (secondary N) is 2. The molecule has 5 heterocycles. The number of halogens is 1. The normalized spacial score (nSPS) is 9.60. The van der Waals surface area contributed by atoms with E-state index in [1.807, 2.05) is 36.4 Å². The standard InChI is InChI=1S/C16H15NO4.C15H16N4O3.C8H10N2O2.C7H5ClO2.C6H8N2/c1-2-20-16(19)14-9-8-12(11-17-14)10-15(18)21-13-6-4-3-5-7-13;1-2-22-14(20)13-4-3-12(10-17-13)19-15(21)18-9-11-5-7-16-8-6-11;1-2-12-8(11)7-4-3-6(9)5-10-7;8-7(9)10-6-4-2-1-3-5-6;7-5-6-1-3-8-4-2-6/h3-9,11H,2,10H2,1H3;3-8,10H,2,9H2,1H3,(H2,18,19,21);3-5H,2,9H2,1H3;1-5H;1-4H,5,7H2. The van der Waals surface area contributed by atoms with Crippen molar-refractivity contribution in [2.24, 2.45) is 5.73 Å². The molecule has 0 aliphatic carbocycles. The van der Waals surface area contributed by atoms with Crippen LogP contribution in [0.25, 0.3) is 0 Å². The molecule has 5 aromatic heterocycles. The molecule has 21 heteroatoms. The number of nitrogens with zero attached hydrogens (tertiary/aromatic N) is 5. The Morgan fingerprint density at radius 3 is 1.41 bits per heavy atom. The highest BCUT2D eigenvalue weighted by atomic mass is 35.5. The second kappa shape index (κ2) is 34.2. The number of hydrogen-bond donors (Lipinski definition) is 4. The summed E-state index contributed by atoms with van der Waals surface area (Å²) < 4.78 is 24.1. The van der Waals surface area contributed by atoms with Gasteiger partial charge in [-0.3, -0.25) is 14.8 Å². The lowest BCUT2D eigenvalue weighted by Crippen LogP contribution is -2.28. The Balaban J connectivity index is 0.000000254. The Bertz CT molecular complexity index is 2710. The molecular formula is C52H54ClN9O11. The molecule has 0 bridgehead atoms. The van der Waals surface area contributed by atoms with Crippen LogP contribution in [-0.4, -0.2) is 80.1 Å². The van der Waals surface area contributed by atoms with Crippen LogP contribution in [0.5, 0.6) is 11.5 Å². The van der Waals surface area contributed by atoms with Crippen LogP contribution >= 0.6 is 11.6 Å². The number of nitrogens with two attached hydrogens (primary N) is 2. The van der Waals surface area contributed by atoms with Crippen molar-refractivity contribution in [1.29, 1.82) is 0 Å². The molecule has 0 aliphatic rings. The van der Waals surface area contributed by atoms with E-state index in [-0.39, 0.29) is 42.1 Å². The Hall–Kier alpha value is -9.14. The summed E-state index contributed by atoms with van der Waals surface area (Å²) in [7, 11) is 0. The van der Waals surface area contributed by atoms with Gasteiger partial charge in [0.2, 0.25) is 0 Å². The van der Waals surface area contributed by atoms with Crippen LogP contribution in [0.4, 0.5) is 21.0 Å². The number of aromatic nitrogens is 5. The zero-order chi connectivity index (χ0) is 53.1. The second-order valence-electron chi connectivity index (χ2n) is 14.0. The first kappa shape index (κ1) is 58.2. The molecule has 6 N–H and O–H groups in total. The van der Waals surface area contributed by atoms with Gasteiger partial charge >= 0.3 is 35.3 Å². The predicted octanol–water partition coefficient (Wildman–Crippen LogP) is 8.19. The highest BCUT2D eigenvalue weighted by molar-refractivity contribution is 6.61. The molecular weight excluding hydrogens is 962 g/mol. The number of amides is 2. The van der Waals surface area contributed by atoms with Gasteiger partial charge in [-0.2, -0.15) is 0 Å². The summed E-state index contributed by atoms with van der Waals surface area (Å²) in [4.78, 5) is 87.0. The molecule has 2 amide bonds. The molecule has 0 fully saturated rings. The molecule has 0 unspecified atom stereocenters. The number of pyridine rings is 5. The lowest BCUT2D eigenvalue weighted by Gasteiger charge is -2.08. The van der Waals surface area contributed by atoms with Gasteiger partial charge < -0.3 is 45.8 Å². The third-order valence-corrected chi connectivity index (χ3v) is 8.62. The molecule has 380 valence electrons. The summed E-state index contributed by atoms with van der Waals surface area (Å²) in [5.41, 5.74) is 14.4. The Morgan fingerprint density at radius 2 is 1.00 bits per heavy atom. The monoisotopic (exact) mass is 1020 g/mol. The third-order valence-electron chi connectivity index (χ3n) is 8.54. The maximum atomic E-state index is 11.8. The number of para-hydroxylation sites is 2. The first-order chi connectivity index (χ1) is 35.3. The van der Waals surface area contributed by atoms with Crippen molar-refractivity contribution in [2.75, 3.05) is 30.9 Å². The van der Waals surface area contributed by atoms with E-state index in [0.717, 1.165) is 11.1 Å². The van der Waals surface area contributed by atoms with Gasteiger partial charge in [0, 0.05) is 55.7 Å². The van der Waals surface area contributed by atoms with Gasteiger partial charge in [-0.15, -0.1) is 0 Å². The van der Waals surface area contributed by atoms with Crippen molar-refractivity contribution in [3.63, 3.8) is 0 Å². The molecule has 2 aromatic carbocycles. The van der Waals surface area contributed by atoms with Gasteiger partial charge in [-0.1, -0.05) is 42.5 Å². The van der Waals surface area contributed by atoms with E-state index in [1.54, 1.807) is 112 Å². The topological polar surface area (TPSA) is 289 Å². The molecule has 0 spiro atoms. The minimum atomic E-state index is -0.814. The van der Waals surface area contributed by atoms with Gasteiger partial charge in [0.15, 0.2) is 0 Å². The van der Waals surface area contributed by atoms with Crippen LogP contribution < -0.4 is 31.6 Å². The maximum Gasteiger partial charge on any atom is 0.409 e. The number of carbonyl (C=O) groups is 6. The maximum absolute atomic E-state index is 11.8. The lowest BCUT2D eigenvalue weighted by atomic mass is 10.2. The van der Waals surface area contributed by atoms with E-state index in [4.69, 9.17) is 42.0 Å². The summed E-state index contributed by atoms with van der Waals surface area (Å²) in [5.74, 6) is -0.808. The van der Waals surface area contributed by atoms with E-state index < -0.39 is 23.3 Å². The summed E-state index contributed by atoms with van der Waals surface area (Å²) in [6, 6.07) is 34.0. The van der Waals surface area contributed by atoms with Crippen LogP contribution in [0.1, 0.15) is 68.9 Å². The minimum absolute atomic E-state index is 0.0883. The van der Waals surface area contributed by atoms with Gasteiger partial charge in [0.1, 0.15) is 28.6 Å². The van der Waals surface area contributed by atoms with E-state index in [0.29, 0.717) is 54.7 Å². The molecule has 20 nitrogen and oxygen atoms in total. The highest BCUT2D eigenvalue weighted by Gasteiger charge is 2.12. The fourth-order valence-corrected chi connectivity index (χ4v) is 5.25. The van der Waals surface area contributed by atoms with Crippen LogP contribution in [0.3, 0.4) is 0 Å². The highest BCUT2D eigenvalue weighted by Crippen LogP contribution is 2.12. The first-order valence-electron chi connectivity index (χ1n) is 22.2. The molecule has 7 rings (SSSR count). The summed E-state index contributed by atoms with van der Waals surface area (Å²) in [6.07, 6.45) is 11.2. The Kier molecular flexibility index (Phi) is 27.3. The zero-order valence-electron chi connectivity index (χ0n) is 40.1. The molecule has 0 saturated carbocycles. The van der Waals surface area contributed by atoms with Gasteiger partial charge in [-0.25, -0.2) is 38.9 Å². The number of nitrogen functional groups attached to an aromatic ring is 1. The molecule has 73 heavy (non-hydrogen) atoms. The SMILES string of the molecule is CCOC(=O)c1ccc(CC(=O)Oc2ccccc2)cn1.CCOC(=O)c1ccc(N)cn1.CCOC(=O)c1ccc(NC(=O)NCc2ccncc2)cn1.NCc1ccncc1.O=C(Cl)Oc1ccccc1. The quantitative estimate of drug-likeness (QED) is 0.0345. The number of benzene rings is 2. The number of rotatable bonds is 14. The average Bonchev–Trinajstić information content (AvgIpc) is 3.40. The largest absolute Gasteiger partial charge is 0.461 e. The fourth-order valence-electron chi connectivity index (χ4n) is 5.16. The number of ether oxygens (including phenoxy) is 5. The number of urea groups is 1. The number of anilines is 2.